The van der Waals surface area contributed by atoms with Crippen molar-refractivity contribution in [3.63, 3.8) is 0 Å². The van der Waals surface area contributed by atoms with Crippen LogP contribution in [0.15, 0.2) is 29.2 Å². The van der Waals surface area contributed by atoms with E-state index in [9.17, 15) is 13.2 Å². The van der Waals surface area contributed by atoms with Gasteiger partial charge in [-0.3, -0.25) is 4.79 Å². The number of methoxy groups -OCH3 is 1. The highest BCUT2D eigenvalue weighted by Gasteiger charge is 2.52. The molecule has 1 heterocycles. The van der Waals surface area contributed by atoms with Crippen molar-refractivity contribution in [3.8, 4) is 0 Å². The molecule has 1 aromatic rings. The van der Waals surface area contributed by atoms with Gasteiger partial charge in [-0.05, 0) is 43.0 Å². The molecule has 0 aromatic heterocycles. The largest absolute Gasteiger partial charge is 0.384 e. The van der Waals surface area contributed by atoms with Crippen molar-refractivity contribution >= 4 is 15.7 Å². The normalized spacial score (nSPS) is 20.7. The van der Waals surface area contributed by atoms with E-state index < -0.39 is 9.84 Å². The molecule has 0 bridgehead atoms. The molecule has 1 aliphatic carbocycles. The van der Waals surface area contributed by atoms with Crippen molar-refractivity contribution in [3.05, 3.63) is 29.8 Å². The number of amides is 1. The number of rotatable bonds is 5. The zero-order valence-corrected chi connectivity index (χ0v) is 14.4. The van der Waals surface area contributed by atoms with Crippen LogP contribution in [-0.4, -0.2) is 52.3 Å². The Morgan fingerprint density at radius 3 is 2.30 bits per heavy atom. The van der Waals surface area contributed by atoms with Crippen molar-refractivity contribution in [2.24, 2.45) is 11.3 Å². The predicted octanol–water partition coefficient (Wildman–Crippen LogP) is 1.98. The van der Waals surface area contributed by atoms with Gasteiger partial charge in [0.15, 0.2) is 9.84 Å². The molecule has 0 N–H and O–H groups in total. The smallest absolute Gasteiger partial charge is 0.253 e. The van der Waals surface area contributed by atoms with Crippen LogP contribution in [0.4, 0.5) is 0 Å². The van der Waals surface area contributed by atoms with Gasteiger partial charge in [0.2, 0.25) is 0 Å². The number of hydrogen-bond donors (Lipinski definition) is 0. The van der Waals surface area contributed by atoms with Gasteiger partial charge in [0, 0.05) is 37.4 Å². The molecular formula is C17H23NO4S. The summed E-state index contributed by atoms with van der Waals surface area (Å²) >= 11 is 0. The summed E-state index contributed by atoms with van der Waals surface area (Å²) < 4.78 is 28.3. The topological polar surface area (TPSA) is 63.7 Å². The number of carbonyl (C=O) groups is 1. The maximum atomic E-state index is 12.5. The standard InChI is InChI=1S/C17H23NO4S/c1-22-12-17(14-4-3-5-14)10-18(11-17)16(19)13-6-8-15(9-7-13)23(2,20)21/h6-9,14H,3-5,10-12H2,1-2H3. The zero-order chi connectivity index (χ0) is 16.7. The number of benzene rings is 1. The Morgan fingerprint density at radius 2 is 1.87 bits per heavy atom. The Labute approximate surface area is 137 Å². The third-order valence-electron chi connectivity index (χ3n) is 5.23. The Balaban J connectivity index is 1.68. The van der Waals surface area contributed by atoms with Crippen LogP contribution in [0.3, 0.4) is 0 Å². The summed E-state index contributed by atoms with van der Waals surface area (Å²) in [6.07, 6.45) is 4.90. The lowest BCUT2D eigenvalue weighted by atomic mass is 9.61. The van der Waals surface area contributed by atoms with Gasteiger partial charge in [-0.15, -0.1) is 0 Å². The highest BCUT2D eigenvalue weighted by atomic mass is 32.2. The molecule has 1 aliphatic heterocycles. The molecule has 0 atom stereocenters. The van der Waals surface area contributed by atoms with Crippen LogP contribution < -0.4 is 0 Å². The minimum atomic E-state index is -3.23. The summed E-state index contributed by atoms with van der Waals surface area (Å²) in [5.74, 6) is 0.634. The number of hydrogen-bond acceptors (Lipinski definition) is 4. The SMILES string of the molecule is COCC1(C2CCC2)CN(C(=O)c2ccc(S(C)(=O)=O)cc2)C1. The molecule has 1 saturated heterocycles. The van der Waals surface area contributed by atoms with Crippen molar-refractivity contribution in [1.29, 1.82) is 0 Å². The van der Waals surface area contributed by atoms with E-state index in [-0.39, 0.29) is 16.2 Å². The minimum absolute atomic E-state index is 0.0314. The van der Waals surface area contributed by atoms with Crippen molar-refractivity contribution in [2.75, 3.05) is 33.1 Å². The number of nitrogens with zero attached hydrogens (tertiary/aromatic N) is 1. The molecule has 23 heavy (non-hydrogen) atoms. The molecule has 1 saturated carbocycles. The summed E-state index contributed by atoms with van der Waals surface area (Å²) in [6, 6.07) is 6.18. The van der Waals surface area contributed by atoms with Crippen LogP contribution in [0.25, 0.3) is 0 Å². The fraction of sp³-hybridized carbons (Fsp3) is 0.588. The Bertz CT molecular complexity index is 686. The summed E-state index contributed by atoms with van der Waals surface area (Å²) in [6.45, 7) is 2.17. The summed E-state index contributed by atoms with van der Waals surface area (Å²) in [5, 5.41) is 0. The van der Waals surface area contributed by atoms with E-state index in [0.717, 1.165) is 19.3 Å². The molecule has 1 amide bonds. The first-order valence-corrected chi connectivity index (χ1v) is 9.83. The molecule has 5 nitrogen and oxygen atoms in total. The highest BCUT2D eigenvalue weighted by Crippen LogP contribution is 2.48. The van der Waals surface area contributed by atoms with Crippen molar-refractivity contribution < 1.29 is 17.9 Å². The fourth-order valence-electron chi connectivity index (χ4n) is 3.66. The summed E-state index contributed by atoms with van der Waals surface area (Å²) in [4.78, 5) is 14.6. The van der Waals surface area contributed by atoms with E-state index in [0.29, 0.717) is 18.1 Å². The first kappa shape index (κ1) is 16.5. The molecule has 126 valence electrons. The first-order valence-electron chi connectivity index (χ1n) is 7.94. The Kier molecular flexibility index (Phi) is 4.23. The maximum Gasteiger partial charge on any atom is 0.253 e. The fourth-order valence-corrected chi connectivity index (χ4v) is 4.29. The van der Waals surface area contributed by atoms with E-state index in [4.69, 9.17) is 4.74 Å². The van der Waals surface area contributed by atoms with E-state index in [1.54, 1.807) is 19.2 Å². The first-order chi connectivity index (χ1) is 10.9. The number of likely N-dealkylation sites (tertiary alicyclic amines) is 1. The van der Waals surface area contributed by atoms with E-state index >= 15 is 0 Å². The Morgan fingerprint density at radius 1 is 1.26 bits per heavy atom. The number of sulfone groups is 1. The second-order valence-electron chi connectivity index (χ2n) is 6.88. The van der Waals surface area contributed by atoms with Crippen LogP contribution >= 0.6 is 0 Å². The van der Waals surface area contributed by atoms with Crippen LogP contribution in [-0.2, 0) is 14.6 Å². The lowest BCUT2D eigenvalue weighted by Crippen LogP contribution is -2.64. The minimum Gasteiger partial charge on any atom is -0.384 e. The molecule has 1 aromatic carbocycles. The second-order valence-corrected chi connectivity index (χ2v) is 8.90. The monoisotopic (exact) mass is 337 g/mol. The third-order valence-corrected chi connectivity index (χ3v) is 6.36. The van der Waals surface area contributed by atoms with Crippen LogP contribution in [0, 0.1) is 11.3 Å². The average molecular weight is 337 g/mol. The number of ether oxygens (including phenoxy) is 1. The van der Waals surface area contributed by atoms with Crippen LogP contribution in [0.2, 0.25) is 0 Å². The second kappa shape index (κ2) is 5.91. The molecule has 0 unspecified atom stereocenters. The lowest BCUT2D eigenvalue weighted by Gasteiger charge is -2.56. The van der Waals surface area contributed by atoms with E-state index in [1.165, 1.54) is 31.4 Å². The molecular weight excluding hydrogens is 314 g/mol. The number of carbonyl (C=O) groups excluding carboxylic acids is 1. The molecule has 0 spiro atoms. The van der Waals surface area contributed by atoms with Gasteiger partial charge >= 0.3 is 0 Å². The van der Waals surface area contributed by atoms with Crippen LogP contribution in [0.5, 0.6) is 0 Å². The quantitative estimate of drug-likeness (QED) is 0.824. The van der Waals surface area contributed by atoms with Crippen molar-refractivity contribution in [2.45, 2.75) is 24.2 Å². The Hall–Kier alpha value is -1.40. The molecule has 2 aliphatic rings. The molecule has 2 fully saturated rings. The predicted molar refractivity (Wildman–Crippen MR) is 87.1 cm³/mol. The zero-order valence-electron chi connectivity index (χ0n) is 13.6. The van der Waals surface area contributed by atoms with Gasteiger partial charge in [-0.1, -0.05) is 6.42 Å². The van der Waals surface area contributed by atoms with Gasteiger partial charge < -0.3 is 9.64 Å². The van der Waals surface area contributed by atoms with Gasteiger partial charge in [0.05, 0.1) is 11.5 Å². The summed E-state index contributed by atoms with van der Waals surface area (Å²) in [5.41, 5.74) is 0.659. The van der Waals surface area contributed by atoms with Gasteiger partial charge in [-0.25, -0.2) is 8.42 Å². The molecule has 0 radical (unpaired) electrons. The van der Waals surface area contributed by atoms with Crippen LogP contribution in [0.1, 0.15) is 29.6 Å². The van der Waals surface area contributed by atoms with Gasteiger partial charge in [0.25, 0.3) is 5.91 Å². The summed E-state index contributed by atoms with van der Waals surface area (Å²) in [7, 11) is -1.51. The molecule has 6 heteroatoms. The third kappa shape index (κ3) is 3.02. The highest BCUT2D eigenvalue weighted by molar-refractivity contribution is 7.90. The lowest BCUT2D eigenvalue weighted by molar-refractivity contribution is -0.0974. The van der Waals surface area contributed by atoms with Crippen molar-refractivity contribution in [1.82, 2.24) is 4.90 Å². The van der Waals surface area contributed by atoms with E-state index in [2.05, 4.69) is 0 Å². The molecule has 3 rings (SSSR count). The van der Waals surface area contributed by atoms with E-state index in [1.807, 2.05) is 4.90 Å². The van der Waals surface area contributed by atoms with Gasteiger partial charge in [-0.2, -0.15) is 0 Å². The maximum absolute atomic E-state index is 12.5. The van der Waals surface area contributed by atoms with Gasteiger partial charge in [0.1, 0.15) is 0 Å². The average Bonchev–Trinajstić information content (AvgIpc) is 2.40.